The summed E-state index contributed by atoms with van der Waals surface area (Å²) in [6, 6.07) is 16.3. The Labute approximate surface area is 212 Å². The molecular formula is C29H34N2O5. The second-order valence-electron chi connectivity index (χ2n) is 9.68. The molecule has 0 aliphatic carbocycles. The molecule has 0 unspecified atom stereocenters. The average molecular weight is 491 g/mol. The molecule has 2 aromatic carbocycles. The molecule has 7 nitrogen and oxygen atoms in total. The van der Waals surface area contributed by atoms with Gasteiger partial charge >= 0.3 is 0 Å². The van der Waals surface area contributed by atoms with Gasteiger partial charge in [-0.1, -0.05) is 39.0 Å². The summed E-state index contributed by atoms with van der Waals surface area (Å²) in [7, 11) is 0. The Hall–Kier alpha value is -3.32. The highest BCUT2D eigenvalue weighted by atomic mass is 16.7. The third-order valence-electron chi connectivity index (χ3n) is 7.62. The van der Waals surface area contributed by atoms with Gasteiger partial charge in [-0.3, -0.25) is 14.4 Å². The highest BCUT2D eigenvalue weighted by molar-refractivity contribution is 6.24. The summed E-state index contributed by atoms with van der Waals surface area (Å²) in [5.41, 5.74) is 1.93. The van der Waals surface area contributed by atoms with Gasteiger partial charge in [-0.05, 0) is 74.1 Å². The highest BCUT2D eigenvalue weighted by Crippen LogP contribution is 2.49. The maximum absolute atomic E-state index is 14.0. The van der Waals surface area contributed by atoms with Crippen LogP contribution in [0.25, 0.3) is 0 Å². The normalized spacial score (nSPS) is 27.6. The lowest BCUT2D eigenvalue weighted by molar-refractivity contribution is -0.127. The summed E-state index contributed by atoms with van der Waals surface area (Å²) in [5, 5.41) is 1.76. The van der Waals surface area contributed by atoms with Crippen molar-refractivity contribution in [3.8, 4) is 5.75 Å². The molecule has 0 N–H and O–H groups in total. The van der Waals surface area contributed by atoms with Gasteiger partial charge in [0.25, 0.3) is 5.91 Å². The summed E-state index contributed by atoms with van der Waals surface area (Å²) in [4.78, 5) is 35.2. The monoisotopic (exact) mass is 490 g/mol. The van der Waals surface area contributed by atoms with Gasteiger partial charge in [0.15, 0.2) is 6.10 Å². The van der Waals surface area contributed by atoms with Gasteiger partial charge in [0.1, 0.15) is 23.3 Å². The van der Waals surface area contributed by atoms with E-state index in [4.69, 9.17) is 14.3 Å². The Morgan fingerprint density at radius 1 is 0.972 bits per heavy atom. The number of carbonyl (C=O) groups is 2. The van der Waals surface area contributed by atoms with Crippen LogP contribution in [0.5, 0.6) is 5.75 Å². The first-order valence-corrected chi connectivity index (χ1v) is 13.0. The fourth-order valence-electron chi connectivity index (χ4n) is 5.55. The molecule has 3 aliphatic heterocycles. The lowest BCUT2D eigenvalue weighted by atomic mass is 9.76. The highest BCUT2D eigenvalue weighted by Gasteiger charge is 2.65. The number of allylic oxidation sites excluding steroid dienone is 1. The smallest absolute Gasteiger partial charge is 0.266 e. The number of benzene rings is 2. The summed E-state index contributed by atoms with van der Waals surface area (Å²) in [5.74, 6) is -0.562. The number of ether oxygens (including phenoxy) is 2. The number of para-hydroxylation sites is 1. The lowest BCUT2D eigenvalue weighted by Crippen LogP contribution is -2.56. The lowest BCUT2D eigenvalue weighted by Gasteiger charge is -2.45. The molecule has 0 radical (unpaired) electrons. The molecule has 0 saturated carbocycles. The molecule has 3 heterocycles. The second kappa shape index (κ2) is 9.97. The summed E-state index contributed by atoms with van der Waals surface area (Å²) < 4.78 is 12.1. The Morgan fingerprint density at radius 2 is 1.72 bits per heavy atom. The van der Waals surface area contributed by atoms with Crippen molar-refractivity contribution in [2.75, 3.05) is 16.6 Å². The van der Waals surface area contributed by atoms with Gasteiger partial charge in [-0.15, -0.1) is 0 Å². The van der Waals surface area contributed by atoms with E-state index >= 15 is 0 Å². The fourth-order valence-corrected chi connectivity index (χ4v) is 5.55. The third kappa shape index (κ3) is 4.05. The first-order valence-electron chi connectivity index (χ1n) is 13.0. The molecule has 2 saturated heterocycles. The average Bonchev–Trinajstić information content (AvgIpc) is 3.44. The molecule has 2 aromatic rings. The van der Waals surface area contributed by atoms with E-state index in [1.165, 1.54) is 10.5 Å². The van der Waals surface area contributed by atoms with Crippen LogP contribution in [0.1, 0.15) is 52.9 Å². The zero-order chi connectivity index (χ0) is 25.3. The van der Waals surface area contributed by atoms with Gasteiger partial charge in [0.2, 0.25) is 5.91 Å². The maximum atomic E-state index is 14.0. The van der Waals surface area contributed by atoms with E-state index in [-0.39, 0.29) is 11.8 Å². The molecule has 190 valence electrons. The molecule has 2 fully saturated rings. The molecule has 0 bridgehead atoms. The van der Waals surface area contributed by atoms with Crippen LogP contribution >= 0.6 is 0 Å². The molecule has 0 spiro atoms. The van der Waals surface area contributed by atoms with Gasteiger partial charge in [0, 0.05) is 0 Å². The van der Waals surface area contributed by atoms with Crippen LogP contribution in [0.2, 0.25) is 0 Å². The minimum absolute atomic E-state index is 0.252. The number of hydroxylamine groups is 1. The van der Waals surface area contributed by atoms with E-state index in [0.29, 0.717) is 24.5 Å². The number of anilines is 2. The number of rotatable bonds is 8. The zero-order valence-electron chi connectivity index (χ0n) is 21.2. The SMILES string of the molecule is CCCOc1ccc(N2C(=O)[C@H]3[C@H](ON(c4ccccc4)[C@@H]3[C@]3(CC)CCC(CC)=CO3)C2=O)cc1. The van der Waals surface area contributed by atoms with Gasteiger partial charge in [-0.2, -0.15) is 0 Å². The van der Waals surface area contributed by atoms with Crippen LogP contribution in [0, 0.1) is 5.92 Å². The number of hydrogen-bond acceptors (Lipinski definition) is 6. The van der Waals surface area contributed by atoms with Crippen LogP contribution < -0.4 is 14.7 Å². The maximum Gasteiger partial charge on any atom is 0.266 e. The Kier molecular flexibility index (Phi) is 6.75. The number of nitrogens with zero attached hydrogens (tertiary/aromatic N) is 2. The van der Waals surface area contributed by atoms with Crippen molar-refractivity contribution in [2.45, 2.75) is 70.6 Å². The Morgan fingerprint density at radius 3 is 2.33 bits per heavy atom. The molecule has 36 heavy (non-hydrogen) atoms. The molecule has 7 heteroatoms. The van der Waals surface area contributed by atoms with E-state index in [2.05, 4.69) is 13.8 Å². The van der Waals surface area contributed by atoms with E-state index in [1.54, 1.807) is 29.3 Å². The number of amides is 2. The molecule has 3 aliphatic rings. The van der Waals surface area contributed by atoms with Gasteiger partial charge in [-0.25, -0.2) is 9.96 Å². The first kappa shape index (κ1) is 24.4. The first-order chi connectivity index (χ1) is 17.5. The van der Waals surface area contributed by atoms with Gasteiger partial charge in [0.05, 0.1) is 24.2 Å². The number of fused-ring (bicyclic) bond motifs is 1. The van der Waals surface area contributed by atoms with Crippen molar-refractivity contribution in [3.05, 3.63) is 66.4 Å². The predicted octanol–water partition coefficient (Wildman–Crippen LogP) is 5.41. The van der Waals surface area contributed by atoms with Crippen molar-refractivity contribution in [1.29, 1.82) is 0 Å². The van der Waals surface area contributed by atoms with E-state index in [1.807, 2.05) is 43.5 Å². The number of imide groups is 1. The quantitative estimate of drug-likeness (QED) is 0.461. The Bertz CT molecular complexity index is 1130. The Balaban J connectivity index is 1.51. The fraction of sp³-hybridized carbons (Fsp3) is 0.448. The molecule has 5 rings (SSSR count). The van der Waals surface area contributed by atoms with Crippen LogP contribution in [-0.4, -0.2) is 36.2 Å². The molecular weight excluding hydrogens is 456 g/mol. The molecule has 4 atom stereocenters. The van der Waals surface area contributed by atoms with Gasteiger partial charge < -0.3 is 9.47 Å². The summed E-state index contributed by atoms with van der Waals surface area (Å²) in [6.07, 6.45) is 5.13. The largest absolute Gasteiger partial charge is 0.494 e. The zero-order valence-corrected chi connectivity index (χ0v) is 21.2. The van der Waals surface area contributed by atoms with Crippen LogP contribution in [-0.2, 0) is 19.2 Å². The van der Waals surface area contributed by atoms with Crippen molar-refractivity contribution in [3.63, 3.8) is 0 Å². The standard InChI is InChI=1S/C29H34N2O5/c1-4-18-34-23-14-12-21(13-15-23)30-27(32)24-25(28(30)33)36-31(22-10-8-7-9-11-22)26(24)29(6-3)17-16-20(5-2)19-35-29/h7-15,19,24-26H,4-6,16-18H2,1-3H3/t24-,25-,26-,29-/m0/s1. The van der Waals surface area contributed by atoms with Crippen molar-refractivity contribution in [1.82, 2.24) is 0 Å². The van der Waals surface area contributed by atoms with Crippen LogP contribution in [0.15, 0.2) is 66.4 Å². The second-order valence-corrected chi connectivity index (χ2v) is 9.68. The van der Waals surface area contributed by atoms with Crippen LogP contribution in [0.4, 0.5) is 11.4 Å². The van der Waals surface area contributed by atoms with Crippen molar-refractivity contribution >= 4 is 23.2 Å². The number of carbonyl (C=O) groups excluding carboxylic acids is 2. The minimum atomic E-state index is -0.901. The van der Waals surface area contributed by atoms with E-state index < -0.39 is 23.7 Å². The predicted molar refractivity (Wildman–Crippen MR) is 138 cm³/mol. The van der Waals surface area contributed by atoms with E-state index in [0.717, 1.165) is 31.4 Å². The third-order valence-corrected chi connectivity index (χ3v) is 7.62. The minimum Gasteiger partial charge on any atom is -0.494 e. The molecule has 2 amide bonds. The van der Waals surface area contributed by atoms with E-state index in [9.17, 15) is 9.59 Å². The topological polar surface area (TPSA) is 68.3 Å². The van der Waals surface area contributed by atoms with Crippen molar-refractivity contribution < 1.29 is 23.9 Å². The summed E-state index contributed by atoms with van der Waals surface area (Å²) in [6.45, 7) is 6.86. The summed E-state index contributed by atoms with van der Waals surface area (Å²) >= 11 is 0. The number of hydrogen-bond donors (Lipinski definition) is 0. The molecule has 0 aromatic heterocycles. The van der Waals surface area contributed by atoms with Crippen LogP contribution in [0.3, 0.4) is 0 Å². The van der Waals surface area contributed by atoms with Crippen molar-refractivity contribution in [2.24, 2.45) is 5.92 Å².